The molecule has 0 saturated carbocycles. The van der Waals surface area contributed by atoms with Crippen LogP contribution in [0.4, 0.5) is 0 Å². The fourth-order valence-electron chi connectivity index (χ4n) is 2.39. The summed E-state index contributed by atoms with van der Waals surface area (Å²) in [6.45, 7) is 1.93. The maximum atomic E-state index is 12.2. The van der Waals surface area contributed by atoms with Gasteiger partial charge in [0.1, 0.15) is 0 Å². The van der Waals surface area contributed by atoms with Crippen LogP contribution in [0.2, 0.25) is 0 Å². The summed E-state index contributed by atoms with van der Waals surface area (Å²) in [6, 6.07) is 16.1. The minimum absolute atomic E-state index is 0.118. The molecule has 0 saturated heterocycles. The van der Waals surface area contributed by atoms with E-state index in [2.05, 4.69) is 0 Å². The third kappa shape index (κ3) is 5.32. The normalized spacial score (nSPS) is 11.3. The van der Waals surface area contributed by atoms with E-state index in [-0.39, 0.29) is 11.5 Å². The number of aryl methyl sites for hydroxylation is 1. The van der Waals surface area contributed by atoms with Gasteiger partial charge in [-0.15, -0.1) is 0 Å². The van der Waals surface area contributed by atoms with Crippen molar-refractivity contribution in [1.29, 1.82) is 0 Å². The Morgan fingerprint density at radius 1 is 0.870 bits per heavy atom. The minimum atomic E-state index is -3.21. The van der Waals surface area contributed by atoms with Gasteiger partial charge in [-0.1, -0.05) is 54.4 Å². The molecule has 0 aromatic heterocycles. The number of unbranched alkanes of at least 4 members (excludes halogenated alkanes) is 2. The number of rotatable bonds is 8. The van der Waals surface area contributed by atoms with Gasteiger partial charge >= 0.3 is 0 Å². The molecule has 0 aliphatic heterocycles. The van der Waals surface area contributed by atoms with Crippen molar-refractivity contribution in [2.24, 2.45) is 0 Å². The molecule has 0 N–H and O–H groups in total. The van der Waals surface area contributed by atoms with Crippen LogP contribution in [0, 0.1) is 6.92 Å². The Labute approximate surface area is 138 Å². The van der Waals surface area contributed by atoms with E-state index >= 15 is 0 Å². The molecule has 0 fully saturated rings. The third-order valence-electron chi connectivity index (χ3n) is 3.79. The summed E-state index contributed by atoms with van der Waals surface area (Å²) in [4.78, 5) is 12.3. The molecule has 2 rings (SSSR count). The zero-order valence-electron chi connectivity index (χ0n) is 13.4. The van der Waals surface area contributed by atoms with Crippen molar-refractivity contribution in [3.05, 3.63) is 65.7 Å². The summed E-state index contributed by atoms with van der Waals surface area (Å²) < 4.78 is 24.4. The summed E-state index contributed by atoms with van der Waals surface area (Å²) >= 11 is 0. The van der Waals surface area contributed by atoms with Crippen LogP contribution in [0.25, 0.3) is 0 Å². The number of carbonyl (C=O) groups is 1. The molecule has 0 amide bonds. The lowest BCUT2D eigenvalue weighted by Gasteiger charge is -2.05. The van der Waals surface area contributed by atoms with Crippen LogP contribution < -0.4 is 0 Å². The second-order valence-electron chi connectivity index (χ2n) is 5.73. The van der Waals surface area contributed by atoms with Crippen molar-refractivity contribution in [1.82, 2.24) is 0 Å². The van der Waals surface area contributed by atoms with Gasteiger partial charge in [-0.05, 0) is 31.9 Å². The summed E-state index contributed by atoms with van der Waals surface area (Å²) in [5, 5.41) is 0. The zero-order valence-corrected chi connectivity index (χ0v) is 14.2. The van der Waals surface area contributed by atoms with Crippen LogP contribution in [-0.2, 0) is 9.84 Å². The number of Topliss-reactive ketones (excluding diaryl/α,β-unsaturated/α-hetero) is 1. The fraction of sp³-hybridized carbons (Fsp3) is 0.316. The maximum Gasteiger partial charge on any atom is 0.178 e. The first-order valence-corrected chi connectivity index (χ1v) is 9.52. The van der Waals surface area contributed by atoms with E-state index in [0.29, 0.717) is 17.7 Å². The maximum absolute atomic E-state index is 12.2. The molecule has 122 valence electrons. The predicted molar refractivity (Wildman–Crippen MR) is 92.5 cm³/mol. The first-order valence-electron chi connectivity index (χ1n) is 7.87. The highest BCUT2D eigenvalue weighted by Crippen LogP contribution is 2.15. The Bertz CT molecular complexity index is 732. The van der Waals surface area contributed by atoms with Crippen molar-refractivity contribution in [3.63, 3.8) is 0 Å². The van der Waals surface area contributed by atoms with Crippen molar-refractivity contribution in [2.75, 3.05) is 5.75 Å². The SMILES string of the molecule is Cc1ccc(S(=O)(=O)CCCCCC(=O)c2ccccc2)cc1. The third-order valence-corrected chi connectivity index (χ3v) is 5.61. The topological polar surface area (TPSA) is 51.2 Å². The van der Waals surface area contributed by atoms with Crippen molar-refractivity contribution in [3.8, 4) is 0 Å². The Morgan fingerprint density at radius 3 is 2.17 bits per heavy atom. The zero-order chi connectivity index (χ0) is 16.7. The predicted octanol–water partition coefficient (Wildman–Crippen LogP) is 4.21. The molecule has 23 heavy (non-hydrogen) atoms. The molecule has 2 aromatic rings. The number of ketones is 1. The second kappa shape index (κ2) is 8.06. The van der Waals surface area contributed by atoms with E-state index in [9.17, 15) is 13.2 Å². The van der Waals surface area contributed by atoms with Crippen LogP contribution in [0.15, 0.2) is 59.5 Å². The molecule has 0 atom stereocenters. The molecule has 0 bridgehead atoms. The molecule has 0 radical (unpaired) electrons. The highest BCUT2D eigenvalue weighted by Gasteiger charge is 2.13. The van der Waals surface area contributed by atoms with Crippen LogP contribution in [-0.4, -0.2) is 20.0 Å². The van der Waals surface area contributed by atoms with E-state index in [4.69, 9.17) is 0 Å². The lowest BCUT2D eigenvalue weighted by molar-refractivity contribution is 0.0979. The van der Waals surface area contributed by atoms with Crippen LogP contribution in [0.3, 0.4) is 0 Å². The molecular weight excluding hydrogens is 308 g/mol. The van der Waals surface area contributed by atoms with E-state index in [1.165, 1.54) is 0 Å². The molecule has 0 spiro atoms. The van der Waals surface area contributed by atoms with Gasteiger partial charge in [0.2, 0.25) is 0 Å². The van der Waals surface area contributed by atoms with Gasteiger partial charge in [0, 0.05) is 12.0 Å². The Morgan fingerprint density at radius 2 is 1.52 bits per heavy atom. The average molecular weight is 330 g/mol. The largest absolute Gasteiger partial charge is 0.294 e. The van der Waals surface area contributed by atoms with Gasteiger partial charge in [0.25, 0.3) is 0 Å². The van der Waals surface area contributed by atoms with Gasteiger partial charge in [-0.25, -0.2) is 8.42 Å². The van der Waals surface area contributed by atoms with Gasteiger partial charge < -0.3 is 0 Å². The van der Waals surface area contributed by atoms with E-state index in [1.807, 2.05) is 49.4 Å². The van der Waals surface area contributed by atoms with Gasteiger partial charge in [-0.3, -0.25) is 4.79 Å². The lowest BCUT2D eigenvalue weighted by atomic mass is 10.1. The molecule has 0 heterocycles. The number of carbonyl (C=O) groups excluding carboxylic acids is 1. The molecule has 0 unspecified atom stereocenters. The fourth-order valence-corrected chi connectivity index (χ4v) is 3.76. The molecule has 0 aliphatic carbocycles. The van der Waals surface area contributed by atoms with Crippen molar-refractivity contribution in [2.45, 2.75) is 37.5 Å². The highest BCUT2D eigenvalue weighted by atomic mass is 32.2. The van der Waals surface area contributed by atoms with Gasteiger partial charge in [0.05, 0.1) is 10.6 Å². The van der Waals surface area contributed by atoms with E-state index in [1.54, 1.807) is 12.1 Å². The summed E-state index contributed by atoms with van der Waals surface area (Å²) in [5.74, 6) is 0.252. The summed E-state index contributed by atoms with van der Waals surface area (Å²) in [6.07, 6.45) is 2.51. The van der Waals surface area contributed by atoms with E-state index < -0.39 is 9.84 Å². The van der Waals surface area contributed by atoms with Crippen LogP contribution in [0.5, 0.6) is 0 Å². The van der Waals surface area contributed by atoms with Gasteiger partial charge in [0.15, 0.2) is 15.6 Å². The molecule has 2 aromatic carbocycles. The lowest BCUT2D eigenvalue weighted by Crippen LogP contribution is -2.07. The first-order chi connectivity index (χ1) is 11.0. The molecule has 3 nitrogen and oxygen atoms in total. The number of sulfone groups is 1. The smallest absolute Gasteiger partial charge is 0.178 e. The Balaban J connectivity index is 1.75. The number of benzene rings is 2. The standard InChI is InChI=1S/C19H22O3S/c1-16-11-13-18(14-12-16)23(21,22)15-7-3-6-10-19(20)17-8-4-2-5-9-17/h2,4-5,8-9,11-14H,3,6-7,10,15H2,1H3. The van der Waals surface area contributed by atoms with Crippen LogP contribution in [0.1, 0.15) is 41.6 Å². The summed E-state index contributed by atoms with van der Waals surface area (Å²) in [7, 11) is -3.21. The highest BCUT2D eigenvalue weighted by molar-refractivity contribution is 7.91. The number of hydrogen-bond donors (Lipinski definition) is 0. The minimum Gasteiger partial charge on any atom is -0.294 e. The summed E-state index contributed by atoms with van der Waals surface area (Å²) in [5.41, 5.74) is 1.77. The quantitative estimate of drug-likeness (QED) is 0.538. The molecule has 4 heteroatoms. The second-order valence-corrected chi connectivity index (χ2v) is 7.84. The van der Waals surface area contributed by atoms with E-state index in [0.717, 1.165) is 24.0 Å². The monoisotopic (exact) mass is 330 g/mol. The first kappa shape index (κ1) is 17.4. The van der Waals surface area contributed by atoms with Crippen molar-refractivity contribution < 1.29 is 13.2 Å². The average Bonchev–Trinajstić information content (AvgIpc) is 2.55. The molecule has 0 aliphatic rings. The van der Waals surface area contributed by atoms with Gasteiger partial charge in [-0.2, -0.15) is 0 Å². The molecular formula is C19H22O3S. The number of hydrogen-bond acceptors (Lipinski definition) is 3. The van der Waals surface area contributed by atoms with Crippen LogP contribution >= 0.6 is 0 Å². The van der Waals surface area contributed by atoms with Crippen molar-refractivity contribution >= 4 is 15.6 Å². The Hall–Kier alpha value is -1.94. The Kier molecular flexibility index (Phi) is 6.11.